The van der Waals surface area contributed by atoms with Gasteiger partial charge in [-0.15, -0.1) is 11.8 Å². The Morgan fingerprint density at radius 1 is 1.24 bits per heavy atom. The molecule has 0 spiro atoms. The van der Waals surface area contributed by atoms with Crippen molar-refractivity contribution in [1.82, 2.24) is 15.6 Å². The monoisotopic (exact) mass is 436 g/mol. The van der Waals surface area contributed by atoms with Crippen molar-refractivity contribution in [3.8, 4) is 0 Å². The maximum atomic E-state index is 13.0. The van der Waals surface area contributed by atoms with Gasteiger partial charge in [-0.2, -0.15) is 11.8 Å². The first-order chi connectivity index (χ1) is 14.1. The minimum atomic E-state index is -0.600. The van der Waals surface area contributed by atoms with Crippen LogP contribution in [0.25, 0.3) is 0 Å². The van der Waals surface area contributed by atoms with E-state index in [-0.39, 0.29) is 17.9 Å². The summed E-state index contributed by atoms with van der Waals surface area (Å²) in [6, 6.07) is 8.84. The molecule has 1 heterocycles. The van der Waals surface area contributed by atoms with E-state index >= 15 is 0 Å². The number of hydrogen-bond acceptors (Lipinski definition) is 6. The standard InChI is InChI=1S/C21H32N4O2S2/c22-25(11-16-7-3-1-4-8-16)21(27)19(24-20(26)18-13-29-15-23-18)14-28-12-17-9-5-2-6-10-17/h1,3-4,7-8,17-19,23H,2,5-6,9-15,22H2,(H,24,26)/t18-,19-/m0/s1. The first kappa shape index (κ1) is 22.5. The summed E-state index contributed by atoms with van der Waals surface area (Å²) < 4.78 is 0. The summed E-state index contributed by atoms with van der Waals surface area (Å²) >= 11 is 3.45. The van der Waals surface area contributed by atoms with Crippen LogP contribution in [0.3, 0.4) is 0 Å². The number of nitrogens with two attached hydrogens (primary N) is 1. The molecule has 2 fully saturated rings. The highest BCUT2D eigenvalue weighted by Crippen LogP contribution is 2.27. The van der Waals surface area contributed by atoms with Gasteiger partial charge in [0, 0.05) is 17.4 Å². The van der Waals surface area contributed by atoms with E-state index in [1.54, 1.807) is 23.5 Å². The maximum absolute atomic E-state index is 13.0. The van der Waals surface area contributed by atoms with E-state index in [1.165, 1.54) is 37.1 Å². The van der Waals surface area contributed by atoms with Crippen LogP contribution in [0.4, 0.5) is 0 Å². The molecule has 6 nitrogen and oxygen atoms in total. The third-order valence-corrected chi connectivity index (χ3v) is 7.70. The molecule has 0 bridgehead atoms. The molecule has 1 saturated heterocycles. The lowest BCUT2D eigenvalue weighted by Crippen LogP contribution is -2.55. The predicted molar refractivity (Wildman–Crippen MR) is 121 cm³/mol. The second kappa shape index (κ2) is 11.8. The zero-order chi connectivity index (χ0) is 20.5. The van der Waals surface area contributed by atoms with Crippen LogP contribution in [-0.2, 0) is 16.1 Å². The summed E-state index contributed by atoms with van der Waals surface area (Å²) in [5.41, 5.74) is 0.970. The van der Waals surface area contributed by atoms with Gasteiger partial charge in [0.25, 0.3) is 5.91 Å². The Bertz CT molecular complexity index is 649. The van der Waals surface area contributed by atoms with E-state index in [1.807, 2.05) is 30.3 Å². The van der Waals surface area contributed by atoms with Crippen molar-refractivity contribution in [2.45, 2.75) is 50.7 Å². The van der Waals surface area contributed by atoms with Gasteiger partial charge in [0.05, 0.1) is 12.6 Å². The van der Waals surface area contributed by atoms with Crippen molar-refractivity contribution in [2.75, 3.05) is 23.1 Å². The summed E-state index contributed by atoms with van der Waals surface area (Å²) in [4.78, 5) is 25.6. The number of hydrogen-bond donors (Lipinski definition) is 3. The van der Waals surface area contributed by atoms with E-state index in [2.05, 4.69) is 10.6 Å². The lowest BCUT2D eigenvalue weighted by atomic mass is 9.91. The van der Waals surface area contributed by atoms with E-state index < -0.39 is 6.04 Å². The highest BCUT2D eigenvalue weighted by molar-refractivity contribution is 7.99. The van der Waals surface area contributed by atoms with Crippen LogP contribution in [-0.4, -0.2) is 52.0 Å². The Kier molecular flexibility index (Phi) is 9.17. The molecule has 1 saturated carbocycles. The molecule has 160 valence electrons. The lowest BCUT2D eigenvalue weighted by molar-refractivity contribution is -0.136. The molecule has 2 aliphatic rings. The van der Waals surface area contributed by atoms with E-state index in [0.717, 1.165) is 28.9 Å². The van der Waals surface area contributed by atoms with Crippen molar-refractivity contribution in [3.63, 3.8) is 0 Å². The number of amides is 2. The van der Waals surface area contributed by atoms with E-state index in [9.17, 15) is 9.59 Å². The zero-order valence-electron chi connectivity index (χ0n) is 16.8. The molecule has 1 aromatic carbocycles. The van der Waals surface area contributed by atoms with Gasteiger partial charge in [-0.05, 0) is 30.1 Å². The van der Waals surface area contributed by atoms with Crippen LogP contribution in [0.5, 0.6) is 0 Å². The lowest BCUT2D eigenvalue weighted by Gasteiger charge is -2.26. The van der Waals surface area contributed by atoms with Gasteiger partial charge in [-0.1, -0.05) is 49.6 Å². The van der Waals surface area contributed by atoms with Gasteiger partial charge in [0.15, 0.2) is 0 Å². The molecule has 29 heavy (non-hydrogen) atoms. The van der Waals surface area contributed by atoms with Gasteiger partial charge in [-0.25, -0.2) is 5.84 Å². The second-order valence-corrected chi connectivity index (χ2v) is 9.93. The van der Waals surface area contributed by atoms with E-state index in [0.29, 0.717) is 12.3 Å². The van der Waals surface area contributed by atoms with Crippen molar-refractivity contribution in [3.05, 3.63) is 35.9 Å². The first-order valence-electron chi connectivity index (χ1n) is 10.4. The van der Waals surface area contributed by atoms with Crippen molar-refractivity contribution in [2.24, 2.45) is 11.8 Å². The fraction of sp³-hybridized carbons (Fsp3) is 0.619. The summed E-state index contributed by atoms with van der Waals surface area (Å²) in [6.45, 7) is 0.330. The fourth-order valence-corrected chi connectivity index (χ4v) is 5.98. The van der Waals surface area contributed by atoms with Gasteiger partial charge >= 0.3 is 0 Å². The number of nitrogens with one attached hydrogen (secondary N) is 2. The molecule has 4 N–H and O–H groups in total. The third kappa shape index (κ3) is 7.20. The molecule has 2 atom stereocenters. The smallest absolute Gasteiger partial charge is 0.260 e. The van der Waals surface area contributed by atoms with E-state index in [4.69, 9.17) is 5.84 Å². The van der Waals surface area contributed by atoms with Crippen LogP contribution in [0.1, 0.15) is 37.7 Å². The molecular weight excluding hydrogens is 404 g/mol. The molecule has 1 aliphatic heterocycles. The quantitative estimate of drug-likeness (QED) is 0.313. The Labute approximate surface area is 182 Å². The predicted octanol–water partition coefficient (Wildman–Crippen LogP) is 2.35. The van der Waals surface area contributed by atoms with Crippen molar-refractivity contribution >= 4 is 35.3 Å². The SMILES string of the molecule is NN(Cc1ccccc1)C(=O)[C@H](CSCC1CCCCC1)NC(=O)[C@@H]1CSCN1. The topological polar surface area (TPSA) is 87.5 Å². The number of rotatable bonds is 9. The van der Waals surface area contributed by atoms with Gasteiger partial charge in [0.2, 0.25) is 5.91 Å². The number of carbonyl (C=O) groups is 2. The molecule has 1 aliphatic carbocycles. The van der Waals surface area contributed by atoms with Crippen molar-refractivity contribution < 1.29 is 9.59 Å². The molecule has 8 heteroatoms. The number of hydrazine groups is 1. The highest BCUT2D eigenvalue weighted by atomic mass is 32.2. The van der Waals surface area contributed by atoms with Gasteiger partial charge in [-0.3, -0.25) is 19.9 Å². The van der Waals surface area contributed by atoms with Crippen LogP contribution in [0.15, 0.2) is 30.3 Å². The number of nitrogens with zero attached hydrogens (tertiary/aromatic N) is 1. The maximum Gasteiger partial charge on any atom is 0.260 e. The number of benzene rings is 1. The summed E-state index contributed by atoms with van der Waals surface area (Å²) in [6.07, 6.45) is 6.51. The molecule has 0 radical (unpaired) electrons. The molecular formula is C21H32N4O2S2. The number of carbonyl (C=O) groups excluding carboxylic acids is 2. The van der Waals surface area contributed by atoms with Crippen molar-refractivity contribution in [1.29, 1.82) is 0 Å². The molecule has 3 rings (SSSR count). The van der Waals surface area contributed by atoms with Gasteiger partial charge in [0.1, 0.15) is 6.04 Å². The second-order valence-electron chi connectivity index (χ2n) is 7.83. The molecule has 0 aromatic heterocycles. The summed E-state index contributed by atoms with van der Waals surface area (Å²) in [7, 11) is 0. The fourth-order valence-electron chi connectivity index (χ4n) is 3.78. The average Bonchev–Trinajstić information content (AvgIpc) is 3.29. The third-order valence-electron chi connectivity index (χ3n) is 5.49. The Morgan fingerprint density at radius 2 is 2.00 bits per heavy atom. The zero-order valence-corrected chi connectivity index (χ0v) is 18.5. The van der Waals surface area contributed by atoms with Gasteiger partial charge < -0.3 is 5.32 Å². The highest BCUT2D eigenvalue weighted by Gasteiger charge is 2.29. The largest absolute Gasteiger partial charge is 0.342 e. The Balaban J connectivity index is 1.56. The minimum absolute atomic E-state index is 0.111. The summed E-state index contributed by atoms with van der Waals surface area (Å²) in [5.74, 6) is 9.59. The first-order valence-corrected chi connectivity index (χ1v) is 12.7. The van der Waals surface area contributed by atoms with Crippen LogP contribution < -0.4 is 16.5 Å². The molecule has 2 amide bonds. The Morgan fingerprint density at radius 3 is 2.69 bits per heavy atom. The molecule has 1 aromatic rings. The van der Waals surface area contributed by atoms with Crippen LogP contribution in [0.2, 0.25) is 0 Å². The normalized spacial score (nSPS) is 20.9. The minimum Gasteiger partial charge on any atom is -0.342 e. The Hall–Kier alpha value is -1.22. The molecule has 0 unspecified atom stereocenters. The summed E-state index contributed by atoms with van der Waals surface area (Å²) in [5, 5.41) is 7.36. The average molecular weight is 437 g/mol. The van der Waals surface area contributed by atoms with Crippen LogP contribution >= 0.6 is 23.5 Å². The number of thioether (sulfide) groups is 2. The van der Waals surface area contributed by atoms with Crippen LogP contribution in [0, 0.1) is 5.92 Å².